The number of nitrogens with zero attached hydrogens (tertiary/aromatic N) is 3. The molecule has 6 nitrogen and oxygen atoms in total. The number of nitrogens with one attached hydrogen (secondary N) is 1. The van der Waals surface area contributed by atoms with Crippen LogP contribution in [0.2, 0.25) is 0 Å². The van der Waals surface area contributed by atoms with Crippen LogP contribution in [0, 0.1) is 0 Å². The van der Waals surface area contributed by atoms with E-state index >= 15 is 0 Å². The van der Waals surface area contributed by atoms with Gasteiger partial charge >= 0.3 is 6.09 Å². The first-order valence-electron chi connectivity index (χ1n) is 7.10. The first kappa shape index (κ1) is 13.8. The number of piperidine rings is 1. The van der Waals surface area contributed by atoms with Crippen LogP contribution in [0.5, 0.6) is 0 Å². The third-order valence-corrected chi connectivity index (χ3v) is 3.94. The number of carboxylic acid groups (broad SMARTS) is 1. The Morgan fingerprint density at radius 3 is 3.05 bits per heavy atom. The summed E-state index contributed by atoms with van der Waals surface area (Å²) in [6.07, 6.45) is 7.15. The van der Waals surface area contributed by atoms with Crippen LogP contribution in [-0.2, 0) is 0 Å². The molecule has 1 saturated heterocycles. The van der Waals surface area contributed by atoms with Crippen molar-refractivity contribution in [1.82, 2.24) is 20.3 Å². The van der Waals surface area contributed by atoms with E-state index in [0.29, 0.717) is 6.54 Å². The molecule has 0 spiro atoms. The molecule has 106 valence electrons. The van der Waals surface area contributed by atoms with E-state index in [4.69, 9.17) is 0 Å². The van der Waals surface area contributed by atoms with Gasteiger partial charge in [0.1, 0.15) is 0 Å². The number of hydrogen-bond donors (Lipinski definition) is 2. The number of carbonyl (C=O) groups is 1. The van der Waals surface area contributed by atoms with Gasteiger partial charge in [0, 0.05) is 24.7 Å². The Balaban J connectivity index is 2.11. The molecular weight excluding hydrogens is 244 g/mol. The maximum absolute atomic E-state index is 11.4. The molecule has 2 rings (SSSR count). The lowest BCUT2D eigenvalue weighted by molar-refractivity contribution is 0.0910. The van der Waals surface area contributed by atoms with Crippen LogP contribution in [-0.4, -0.2) is 44.1 Å². The zero-order valence-corrected chi connectivity index (χ0v) is 11.4. The molecule has 19 heavy (non-hydrogen) atoms. The van der Waals surface area contributed by atoms with Crippen LogP contribution >= 0.6 is 0 Å². The van der Waals surface area contributed by atoms with E-state index in [1.165, 1.54) is 0 Å². The highest BCUT2D eigenvalue weighted by molar-refractivity contribution is 5.65. The fourth-order valence-corrected chi connectivity index (χ4v) is 2.99. The van der Waals surface area contributed by atoms with E-state index in [2.05, 4.69) is 22.3 Å². The number of aromatic nitrogens is 3. The van der Waals surface area contributed by atoms with Crippen molar-refractivity contribution in [3.05, 3.63) is 11.9 Å². The molecule has 1 amide bonds. The van der Waals surface area contributed by atoms with Crippen LogP contribution in [0.4, 0.5) is 4.79 Å². The van der Waals surface area contributed by atoms with E-state index in [1.54, 1.807) is 11.1 Å². The minimum atomic E-state index is -0.810. The number of hydrogen-bond acceptors (Lipinski definition) is 3. The minimum Gasteiger partial charge on any atom is -0.465 e. The fourth-order valence-electron chi connectivity index (χ4n) is 2.99. The van der Waals surface area contributed by atoms with E-state index < -0.39 is 6.09 Å². The fraction of sp³-hybridized carbons (Fsp3) is 0.769. The van der Waals surface area contributed by atoms with Crippen molar-refractivity contribution in [3.8, 4) is 0 Å². The second-order valence-electron chi connectivity index (χ2n) is 5.19. The van der Waals surface area contributed by atoms with Gasteiger partial charge in [0.2, 0.25) is 0 Å². The largest absolute Gasteiger partial charge is 0.465 e. The highest BCUT2D eigenvalue weighted by Gasteiger charge is 2.35. The average molecular weight is 266 g/mol. The third kappa shape index (κ3) is 3.24. The molecule has 1 aliphatic heterocycles. The maximum Gasteiger partial charge on any atom is 0.407 e. The van der Waals surface area contributed by atoms with Crippen LogP contribution in [0.25, 0.3) is 0 Å². The van der Waals surface area contributed by atoms with E-state index in [1.807, 2.05) is 0 Å². The summed E-state index contributed by atoms with van der Waals surface area (Å²) in [5, 5.41) is 19.9. The van der Waals surface area contributed by atoms with Gasteiger partial charge in [-0.25, -0.2) is 4.79 Å². The molecule has 2 unspecified atom stereocenters. The summed E-state index contributed by atoms with van der Waals surface area (Å²) in [4.78, 5) is 13.0. The van der Waals surface area contributed by atoms with Crippen molar-refractivity contribution in [2.75, 3.05) is 6.54 Å². The highest BCUT2D eigenvalue weighted by Crippen LogP contribution is 2.34. The van der Waals surface area contributed by atoms with Gasteiger partial charge in [0.15, 0.2) is 0 Å². The normalized spacial score (nSPS) is 23.5. The standard InChI is InChI=1S/C13H22N4O2/c1-2-3-4-7-12-10(11-9-14-16-15-11)6-5-8-17(12)13(18)19/h9-10,12H,2-8H2,1H3,(H,18,19)(H,14,15,16). The lowest BCUT2D eigenvalue weighted by atomic mass is 9.84. The first-order chi connectivity index (χ1) is 9.24. The van der Waals surface area contributed by atoms with Crippen LogP contribution in [0.1, 0.15) is 57.1 Å². The van der Waals surface area contributed by atoms with Gasteiger partial charge in [0.05, 0.1) is 5.69 Å². The van der Waals surface area contributed by atoms with Gasteiger partial charge in [-0.05, 0) is 19.3 Å². The number of rotatable bonds is 5. The summed E-state index contributed by atoms with van der Waals surface area (Å²) in [5.74, 6) is 0.181. The minimum absolute atomic E-state index is 0.0444. The molecule has 0 bridgehead atoms. The molecule has 0 radical (unpaired) electrons. The monoisotopic (exact) mass is 266 g/mol. The molecule has 0 aliphatic carbocycles. The average Bonchev–Trinajstić information content (AvgIpc) is 2.92. The first-order valence-corrected chi connectivity index (χ1v) is 7.10. The molecule has 1 fully saturated rings. The molecule has 1 aromatic heterocycles. The Hall–Kier alpha value is -1.59. The van der Waals surface area contributed by atoms with Crippen molar-refractivity contribution in [3.63, 3.8) is 0 Å². The van der Waals surface area contributed by atoms with E-state index in [-0.39, 0.29) is 12.0 Å². The Morgan fingerprint density at radius 1 is 1.58 bits per heavy atom. The number of amides is 1. The molecule has 0 saturated carbocycles. The Kier molecular flexibility index (Phi) is 4.76. The number of H-pyrrole nitrogens is 1. The number of aromatic amines is 1. The Labute approximate surface area is 113 Å². The molecule has 2 atom stereocenters. The zero-order valence-electron chi connectivity index (χ0n) is 11.4. The lowest BCUT2D eigenvalue weighted by Gasteiger charge is -2.39. The molecule has 2 heterocycles. The lowest BCUT2D eigenvalue weighted by Crippen LogP contribution is -2.47. The number of likely N-dealkylation sites (tertiary alicyclic amines) is 1. The molecule has 0 aromatic carbocycles. The van der Waals surface area contributed by atoms with Crippen molar-refractivity contribution in [2.24, 2.45) is 0 Å². The van der Waals surface area contributed by atoms with Crippen LogP contribution in [0.15, 0.2) is 6.20 Å². The summed E-state index contributed by atoms with van der Waals surface area (Å²) in [5.41, 5.74) is 0.896. The van der Waals surface area contributed by atoms with Gasteiger partial charge in [-0.15, -0.1) is 5.10 Å². The molecule has 1 aliphatic rings. The Bertz CT molecular complexity index is 393. The van der Waals surface area contributed by atoms with Gasteiger partial charge in [0.25, 0.3) is 0 Å². The van der Waals surface area contributed by atoms with Gasteiger partial charge in [-0.1, -0.05) is 31.4 Å². The predicted octanol–water partition coefficient (Wildman–Crippen LogP) is 2.61. The second-order valence-corrected chi connectivity index (χ2v) is 5.19. The maximum atomic E-state index is 11.4. The topological polar surface area (TPSA) is 82.1 Å². The van der Waals surface area contributed by atoms with Gasteiger partial charge < -0.3 is 10.0 Å². The summed E-state index contributed by atoms with van der Waals surface area (Å²) < 4.78 is 0. The van der Waals surface area contributed by atoms with Gasteiger partial charge in [-0.3, -0.25) is 5.10 Å². The summed E-state index contributed by atoms with van der Waals surface area (Å²) in [7, 11) is 0. The van der Waals surface area contributed by atoms with Crippen LogP contribution < -0.4 is 0 Å². The molecule has 6 heteroatoms. The summed E-state index contributed by atoms with van der Waals surface area (Å²) >= 11 is 0. The molecule has 1 aromatic rings. The third-order valence-electron chi connectivity index (χ3n) is 3.94. The summed E-state index contributed by atoms with van der Waals surface area (Å²) in [6.45, 7) is 2.80. The smallest absolute Gasteiger partial charge is 0.407 e. The molecular formula is C13H22N4O2. The van der Waals surface area contributed by atoms with Crippen molar-refractivity contribution in [2.45, 2.75) is 57.4 Å². The molecule has 2 N–H and O–H groups in total. The van der Waals surface area contributed by atoms with Gasteiger partial charge in [-0.2, -0.15) is 0 Å². The van der Waals surface area contributed by atoms with Crippen molar-refractivity contribution < 1.29 is 9.90 Å². The van der Waals surface area contributed by atoms with Crippen molar-refractivity contribution >= 4 is 6.09 Å². The SMILES string of the molecule is CCCCCC1C(c2c[nH]nn2)CCCN1C(=O)O. The number of unbranched alkanes of at least 4 members (excludes halogenated alkanes) is 2. The van der Waals surface area contributed by atoms with Crippen molar-refractivity contribution in [1.29, 1.82) is 0 Å². The van der Waals surface area contributed by atoms with E-state index in [9.17, 15) is 9.90 Å². The highest BCUT2D eigenvalue weighted by atomic mass is 16.4. The van der Waals surface area contributed by atoms with E-state index in [0.717, 1.165) is 44.2 Å². The second kappa shape index (κ2) is 6.54. The summed E-state index contributed by atoms with van der Waals surface area (Å²) in [6, 6.07) is 0.0444. The van der Waals surface area contributed by atoms with Crippen LogP contribution in [0.3, 0.4) is 0 Å². The predicted molar refractivity (Wildman–Crippen MR) is 71.0 cm³/mol. The zero-order chi connectivity index (χ0) is 13.7. The quantitative estimate of drug-likeness (QED) is 0.802. The Morgan fingerprint density at radius 2 is 2.42 bits per heavy atom.